The van der Waals surface area contributed by atoms with Crippen LogP contribution in [-0.2, 0) is 20.7 Å². The van der Waals surface area contributed by atoms with Gasteiger partial charge in [-0.2, -0.15) is 0 Å². The van der Waals surface area contributed by atoms with Gasteiger partial charge in [0, 0.05) is 41.9 Å². The van der Waals surface area contributed by atoms with Gasteiger partial charge in [-0.1, -0.05) is 92.1 Å². The molecule has 1 aliphatic rings. The number of nitrogens with zero attached hydrogens (tertiary/aromatic N) is 1. The van der Waals surface area contributed by atoms with E-state index in [9.17, 15) is 14.4 Å². The van der Waals surface area contributed by atoms with Crippen LogP contribution in [0.1, 0.15) is 66.4 Å². The third-order valence-corrected chi connectivity index (χ3v) is 8.74. The van der Waals surface area contributed by atoms with Crippen LogP contribution in [0.4, 0.5) is 11.4 Å². The minimum absolute atomic E-state index is 0.126. The van der Waals surface area contributed by atoms with Crippen LogP contribution in [0.5, 0.6) is 5.75 Å². The van der Waals surface area contributed by atoms with E-state index in [1.807, 2.05) is 89.8 Å². The number of rotatable bonds is 15. The van der Waals surface area contributed by atoms with Crippen LogP contribution in [0.3, 0.4) is 0 Å². The summed E-state index contributed by atoms with van der Waals surface area (Å²) in [4.78, 5) is 41.3. The summed E-state index contributed by atoms with van der Waals surface area (Å²) in [7, 11) is 1.36. The minimum atomic E-state index is -0.702. The molecule has 7 nitrogen and oxygen atoms in total. The zero-order valence-corrected chi connectivity index (χ0v) is 27.1. The Morgan fingerprint density at radius 3 is 2.17 bits per heavy atom. The maximum Gasteiger partial charge on any atom is 0.328 e. The molecule has 0 saturated heterocycles. The van der Waals surface area contributed by atoms with Crippen LogP contribution < -0.4 is 15.0 Å². The van der Waals surface area contributed by atoms with Gasteiger partial charge in [0.1, 0.15) is 11.8 Å². The molecule has 7 heteroatoms. The smallest absolute Gasteiger partial charge is 0.328 e. The van der Waals surface area contributed by atoms with Crippen molar-refractivity contribution in [3.8, 4) is 5.75 Å². The minimum Gasteiger partial charge on any atom is -0.494 e. The summed E-state index contributed by atoms with van der Waals surface area (Å²) >= 11 is 0. The third kappa shape index (κ3) is 9.55. The number of nitrogens with one attached hydrogen (secondary N) is 1. The summed E-state index contributed by atoms with van der Waals surface area (Å²) in [6.07, 6.45) is 7.67. The molecule has 47 heavy (non-hydrogen) atoms. The van der Waals surface area contributed by atoms with E-state index in [4.69, 9.17) is 9.47 Å². The summed E-state index contributed by atoms with van der Waals surface area (Å²) in [5.41, 5.74) is 3.47. The normalized spacial score (nSPS) is 13.7. The predicted octanol–water partition coefficient (Wildman–Crippen LogP) is 7.89. The summed E-state index contributed by atoms with van der Waals surface area (Å²) in [5, 5.41) is 3.25. The van der Waals surface area contributed by atoms with E-state index in [-0.39, 0.29) is 11.7 Å². The third-order valence-electron chi connectivity index (χ3n) is 8.74. The molecule has 1 amide bonds. The van der Waals surface area contributed by atoms with Crippen molar-refractivity contribution < 1.29 is 23.9 Å². The lowest BCUT2D eigenvalue weighted by molar-refractivity contribution is -0.141. The molecular weight excluding hydrogens is 588 g/mol. The Balaban J connectivity index is 1.17. The fourth-order valence-electron chi connectivity index (χ4n) is 6.20. The number of carbonyl (C=O) groups is 3. The van der Waals surface area contributed by atoms with Crippen LogP contribution in [0, 0.1) is 5.92 Å². The average molecular weight is 633 g/mol. The Bertz CT molecular complexity index is 1580. The second-order valence-corrected chi connectivity index (χ2v) is 12.1. The molecule has 0 aromatic heterocycles. The maximum absolute atomic E-state index is 13.3. The second-order valence-electron chi connectivity index (χ2n) is 12.1. The average Bonchev–Trinajstić information content (AvgIpc) is 3.12. The highest BCUT2D eigenvalue weighted by molar-refractivity contribution is 6.12. The van der Waals surface area contributed by atoms with Crippen LogP contribution in [0.15, 0.2) is 109 Å². The van der Waals surface area contributed by atoms with E-state index >= 15 is 0 Å². The van der Waals surface area contributed by atoms with Gasteiger partial charge in [-0.25, -0.2) is 4.79 Å². The van der Waals surface area contributed by atoms with Crippen molar-refractivity contribution in [1.29, 1.82) is 0 Å². The number of carbonyl (C=O) groups excluding carboxylic acids is 3. The molecule has 4 aromatic rings. The first-order valence-corrected chi connectivity index (χ1v) is 16.6. The molecule has 244 valence electrons. The topological polar surface area (TPSA) is 84.9 Å². The van der Waals surface area contributed by atoms with Gasteiger partial charge < -0.3 is 19.7 Å². The molecule has 5 rings (SSSR count). The SMILES string of the molecule is COC(=O)[C@H](Cc1ccc(OCCCN(C(=O)CC2CCCCC2)c2ccccc2)cc1)Nc1ccccc1C(=O)c1ccccc1. The fraction of sp³-hybridized carbons (Fsp3) is 0.325. The van der Waals surface area contributed by atoms with Crippen LogP contribution >= 0.6 is 0 Å². The van der Waals surface area contributed by atoms with E-state index in [0.29, 0.717) is 55.1 Å². The molecule has 4 aromatic carbocycles. The van der Waals surface area contributed by atoms with Crippen molar-refractivity contribution in [1.82, 2.24) is 0 Å². The van der Waals surface area contributed by atoms with E-state index < -0.39 is 12.0 Å². The van der Waals surface area contributed by atoms with Gasteiger partial charge in [0.05, 0.1) is 13.7 Å². The van der Waals surface area contributed by atoms with E-state index in [0.717, 1.165) is 29.8 Å². The van der Waals surface area contributed by atoms with Crippen molar-refractivity contribution in [2.75, 3.05) is 30.5 Å². The first-order valence-electron chi connectivity index (χ1n) is 16.6. The first-order chi connectivity index (χ1) is 23.0. The van der Waals surface area contributed by atoms with E-state index in [2.05, 4.69) is 5.32 Å². The van der Waals surface area contributed by atoms with Crippen LogP contribution in [-0.4, -0.2) is 44.0 Å². The highest BCUT2D eigenvalue weighted by Crippen LogP contribution is 2.28. The number of anilines is 2. The number of para-hydroxylation sites is 2. The standard InChI is InChI=1S/C40H44N2O5/c1-46-40(45)37(41-36-21-12-11-20-35(36)39(44)32-16-7-3-8-17-32)28-31-22-24-34(25-23-31)47-27-13-26-42(33-18-9-4-10-19-33)38(43)29-30-14-5-2-6-15-30/h3-4,7-12,16-25,30,37,41H,2,5-6,13-15,26-29H2,1H3/t37-/m0/s1. The number of ketones is 1. The lowest BCUT2D eigenvalue weighted by Crippen LogP contribution is -2.34. The Morgan fingerprint density at radius 2 is 1.47 bits per heavy atom. The fourth-order valence-corrected chi connectivity index (χ4v) is 6.20. The maximum atomic E-state index is 13.3. The Kier molecular flexibility index (Phi) is 12.2. The van der Waals surface area contributed by atoms with Crippen molar-refractivity contribution in [2.24, 2.45) is 5.92 Å². The van der Waals surface area contributed by atoms with Gasteiger partial charge in [-0.3, -0.25) is 9.59 Å². The molecule has 0 bridgehead atoms. The van der Waals surface area contributed by atoms with E-state index in [1.165, 1.54) is 26.4 Å². The lowest BCUT2D eigenvalue weighted by atomic mass is 9.86. The Morgan fingerprint density at radius 1 is 0.809 bits per heavy atom. The molecule has 1 fully saturated rings. The van der Waals surface area contributed by atoms with Crippen molar-refractivity contribution >= 4 is 29.0 Å². The highest BCUT2D eigenvalue weighted by atomic mass is 16.5. The number of methoxy groups -OCH3 is 1. The summed E-state index contributed by atoms with van der Waals surface area (Å²) in [5.74, 6) is 0.841. The van der Waals surface area contributed by atoms with Crippen molar-refractivity contribution in [3.05, 3.63) is 126 Å². The van der Waals surface area contributed by atoms with Crippen molar-refractivity contribution in [2.45, 2.75) is 57.4 Å². The van der Waals surface area contributed by atoms with Gasteiger partial charge in [0.2, 0.25) is 5.91 Å². The molecule has 1 N–H and O–H groups in total. The summed E-state index contributed by atoms with van der Waals surface area (Å²) in [6, 6.07) is 33.1. The molecule has 0 radical (unpaired) electrons. The highest BCUT2D eigenvalue weighted by Gasteiger charge is 2.24. The van der Waals surface area contributed by atoms with Crippen molar-refractivity contribution in [3.63, 3.8) is 0 Å². The number of ether oxygens (including phenoxy) is 2. The van der Waals surface area contributed by atoms with Crippen LogP contribution in [0.2, 0.25) is 0 Å². The first kappa shape index (κ1) is 33.5. The van der Waals surface area contributed by atoms with Gasteiger partial charge >= 0.3 is 5.97 Å². The molecule has 1 atom stereocenters. The van der Waals surface area contributed by atoms with Gasteiger partial charge in [-0.05, 0) is 67.1 Å². The Hall–Kier alpha value is -4.91. The van der Waals surface area contributed by atoms with Gasteiger partial charge in [0.15, 0.2) is 5.78 Å². The molecule has 0 spiro atoms. The van der Waals surface area contributed by atoms with Gasteiger partial charge in [-0.15, -0.1) is 0 Å². The number of amides is 1. The van der Waals surface area contributed by atoms with Gasteiger partial charge in [0.25, 0.3) is 0 Å². The molecule has 1 saturated carbocycles. The molecule has 1 aliphatic carbocycles. The monoisotopic (exact) mass is 632 g/mol. The predicted molar refractivity (Wildman–Crippen MR) is 186 cm³/mol. The lowest BCUT2D eigenvalue weighted by Gasteiger charge is -2.27. The number of esters is 1. The summed E-state index contributed by atoms with van der Waals surface area (Å²) in [6.45, 7) is 1.06. The molecule has 0 heterocycles. The zero-order chi connectivity index (χ0) is 32.8. The van der Waals surface area contributed by atoms with E-state index in [1.54, 1.807) is 24.3 Å². The number of hydrogen-bond donors (Lipinski definition) is 1. The Labute approximate surface area is 277 Å². The zero-order valence-electron chi connectivity index (χ0n) is 27.1. The van der Waals surface area contributed by atoms with Crippen LogP contribution in [0.25, 0.3) is 0 Å². The molecule has 0 unspecified atom stereocenters. The molecular formula is C40H44N2O5. The number of hydrogen-bond acceptors (Lipinski definition) is 6. The number of benzene rings is 4. The summed E-state index contributed by atoms with van der Waals surface area (Å²) < 4.78 is 11.2. The quantitative estimate of drug-likeness (QED) is 0.0815. The largest absolute Gasteiger partial charge is 0.494 e. The molecule has 0 aliphatic heterocycles. The second kappa shape index (κ2) is 17.1.